The summed E-state index contributed by atoms with van der Waals surface area (Å²) in [5.41, 5.74) is 1.23. The SMILES string of the molecule is CCNCC(Cc1ccc(Br)cn1)C1CCCC1. The predicted molar refractivity (Wildman–Crippen MR) is 79.6 cm³/mol. The van der Waals surface area contributed by atoms with Crippen LogP contribution in [0.25, 0.3) is 0 Å². The van der Waals surface area contributed by atoms with Crippen molar-refractivity contribution >= 4 is 15.9 Å². The summed E-state index contributed by atoms with van der Waals surface area (Å²) in [6.07, 6.45) is 8.68. The number of pyridine rings is 1. The fraction of sp³-hybridized carbons (Fsp3) is 0.667. The summed E-state index contributed by atoms with van der Waals surface area (Å²) in [5.74, 6) is 1.65. The van der Waals surface area contributed by atoms with Gasteiger partial charge in [0.15, 0.2) is 0 Å². The zero-order valence-corrected chi connectivity index (χ0v) is 12.7. The molecule has 1 N–H and O–H groups in total. The Labute approximate surface area is 119 Å². The van der Waals surface area contributed by atoms with E-state index in [9.17, 15) is 0 Å². The Morgan fingerprint density at radius 2 is 2.17 bits per heavy atom. The number of aromatic nitrogens is 1. The number of rotatable bonds is 6. The van der Waals surface area contributed by atoms with E-state index < -0.39 is 0 Å². The molecule has 0 aromatic carbocycles. The molecule has 1 aromatic rings. The largest absolute Gasteiger partial charge is 0.317 e. The minimum absolute atomic E-state index is 0.751. The van der Waals surface area contributed by atoms with Crippen LogP contribution in [0.3, 0.4) is 0 Å². The summed E-state index contributed by atoms with van der Waals surface area (Å²) in [7, 11) is 0. The molecule has 2 rings (SSSR count). The first kappa shape index (κ1) is 14.0. The molecule has 0 radical (unpaired) electrons. The van der Waals surface area contributed by atoms with Crippen molar-refractivity contribution in [2.45, 2.75) is 39.0 Å². The summed E-state index contributed by atoms with van der Waals surface area (Å²) in [6, 6.07) is 4.25. The second-order valence-electron chi connectivity index (χ2n) is 5.28. The van der Waals surface area contributed by atoms with Crippen molar-refractivity contribution in [3.05, 3.63) is 28.5 Å². The molecule has 100 valence electrons. The van der Waals surface area contributed by atoms with Crippen molar-refractivity contribution in [1.82, 2.24) is 10.3 Å². The van der Waals surface area contributed by atoms with Gasteiger partial charge in [-0.3, -0.25) is 4.98 Å². The fourth-order valence-corrected chi connectivity index (χ4v) is 3.19. The van der Waals surface area contributed by atoms with Gasteiger partial charge in [-0.2, -0.15) is 0 Å². The highest BCUT2D eigenvalue weighted by Crippen LogP contribution is 2.32. The van der Waals surface area contributed by atoms with E-state index in [4.69, 9.17) is 0 Å². The molecule has 0 bridgehead atoms. The Balaban J connectivity index is 1.97. The Bertz CT molecular complexity index is 344. The fourth-order valence-electron chi connectivity index (χ4n) is 2.96. The highest BCUT2D eigenvalue weighted by molar-refractivity contribution is 9.10. The molecule has 1 fully saturated rings. The van der Waals surface area contributed by atoms with Crippen LogP contribution in [0.1, 0.15) is 38.3 Å². The van der Waals surface area contributed by atoms with Crippen LogP contribution >= 0.6 is 15.9 Å². The smallest absolute Gasteiger partial charge is 0.0413 e. The van der Waals surface area contributed by atoms with Gasteiger partial charge in [-0.1, -0.05) is 32.6 Å². The van der Waals surface area contributed by atoms with Gasteiger partial charge < -0.3 is 5.32 Å². The number of hydrogen-bond donors (Lipinski definition) is 1. The molecule has 0 saturated heterocycles. The highest BCUT2D eigenvalue weighted by atomic mass is 79.9. The lowest BCUT2D eigenvalue weighted by atomic mass is 9.87. The van der Waals surface area contributed by atoms with E-state index in [1.165, 1.54) is 31.4 Å². The van der Waals surface area contributed by atoms with Crippen LogP contribution in [0.4, 0.5) is 0 Å². The molecule has 1 atom stereocenters. The average molecular weight is 311 g/mol. The van der Waals surface area contributed by atoms with Crippen LogP contribution in [-0.2, 0) is 6.42 Å². The van der Waals surface area contributed by atoms with Crippen LogP contribution < -0.4 is 5.32 Å². The molecule has 1 aliphatic carbocycles. The number of nitrogens with zero attached hydrogens (tertiary/aromatic N) is 1. The van der Waals surface area contributed by atoms with Gasteiger partial charge in [0, 0.05) is 16.4 Å². The van der Waals surface area contributed by atoms with Gasteiger partial charge in [-0.25, -0.2) is 0 Å². The normalized spacial score (nSPS) is 18.1. The summed E-state index contributed by atoms with van der Waals surface area (Å²) < 4.78 is 1.07. The Morgan fingerprint density at radius 3 is 2.78 bits per heavy atom. The number of hydrogen-bond acceptors (Lipinski definition) is 2. The first-order valence-electron chi connectivity index (χ1n) is 7.10. The summed E-state index contributed by atoms with van der Waals surface area (Å²) in [6.45, 7) is 4.39. The predicted octanol–water partition coefficient (Wildman–Crippen LogP) is 3.80. The quantitative estimate of drug-likeness (QED) is 0.864. The van der Waals surface area contributed by atoms with Gasteiger partial charge in [0.25, 0.3) is 0 Å². The Morgan fingerprint density at radius 1 is 1.39 bits per heavy atom. The zero-order chi connectivity index (χ0) is 12.8. The molecular formula is C15H23BrN2. The van der Waals surface area contributed by atoms with Crippen LogP contribution in [0.15, 0.2) is 22.8 Å². The Kier molecular flexibility index (Phi) is 5.64. The van der Waals surface area contributed by atoms with Gasteiger partial charge in [0.05, 0.1) is 0 Å². The van der Waals surface area contributed by atoms with Gasteiger partial charge in [-0.15, -0.1) is 0 Å². The molecule has 0 spiro atoms. The van der Waals surface area contributed by atoms with Gasteiger partial charge >= 0.3 is 0 Å². The number of halogens is 1. The molecule has 18 heavy (non-hydrogen) atoms. The summed E-state index contributed by atoms with van der Waals surface area (Å²) in [5, 5.41) is 3.52. The first-order valence-corrected chi connectivity index (χ1v) is 7.90. The maximum atomic E-state index is 4.52. The molecule has 1 aromatic heterocycles. The first-order chi connectivity index (χ1) is 8.79. The van der Waals surface area contributed by atoms with Crippen LogP contribution in [0, 0.1) is 11.8 Å². The molecule has 1 aliphatic rings. The maximum Gasteiger partial charge on any atom is 0.0413 e. The minimum Gasteiger partial charge on any atom is -0.317 e. The van der Waals surface area contributed by atoms with E-state index in [2.05, 4.69) is 45.3 Å². The van der Waals surface area contributed by atoms with Crippen molar-refractivity contribution in [1.29, 1.82) is 0 Å². The Hall–Kier alpha value is -0.410. The van der Waals surface area contributed by atoms with E-state index in [1.54, 1.807) is 0 Å². The molecule has 1 saturated carbocycles. The molecular weight excluding hydrogens is 288 g/mol. The summed E-state index contributed by atoms with van der Waals surface area (Å²) >= 11 is 3.45. The lowest BCUT2D eigenvalue weighted by molar-refractivity contribution is 0.321. The summed E-state index contributed by atoms with van der Waals surface area (Å²) in [4.78, 5) is 4.52. The van der Waals surface area contributed by atoms with Gasteiger partial charge in [0.2, 0.25) is 0 Å². The highest BCUT2D eigenvalue weighted by Gasteiger charge is 2.25. The van der Waals surface area contributed by atoms with Crippen molar-refractivity contribution in [3.8, 4) is 0 Å². The third kappa shape index (κ3) is 4.06. The molecule has 1 unspecified atom stereocenters. The van der Waals surface area contributed by atoms with Gasteiger partial charge in [0.1, 0.15) is 0 Å². The van der Waals surface area contributed by atoms with Crippen LogP contribution in [-0.4, -0.2) is 18.1 Å². The second kappa shape index (κ2) is 7.25. The average Bonchev–Trinajstić information content (AvgIpc) is 2.90. The molecule has 2 nitrogen and oxygen atoms in total. The van der Waals surface area contributed by atoms with Crippen molar-refractivity contribution in [3.63, 3.8) is 0 Å². The van der Waals surface area contributed by atoms with Crippen molar-refractivity contribution < 1.29 is 0 Å². The molecule has 1 heterocycles. The number of nitrogens with one attached hydrogen (secondary N) is 1. The van der Waals surface area contributed by atoms with E-state index in [0.29, 0.717) is 0 Å². The molecule has 0 aliphatic heterocycles. The van der Waals surface area contributed by atoms with Crippen LogP contribution in [0.5, 0.6) is 0 Å². The topological polar surface area (TPSA) is 24.9 Å². The third-order valence-corrected chi connectivity index (χ3v) is 4.45. The molecule has 0 amide bonds. The molecule has 3 heteroatoms. The van der Waals surface area contributed by atoms with E-state index in [1.807, 2.05) is 6.20 Å². The maximum absolute atomic E-state index is 4.52. The zero-order valence-electron chi connectivity index (χ0n) is 11.2. The second-order valence-corrected chi connectivity index (χ2v) is 6.20. The van der Waals surface area contributed by atoms with E-state index in [0.717, 1.165) is 35.8 Å². The monoisotopic (exact) mass is 310 g/mol. The van der Waals surface area contributed by atoms with Gasteiger partial charge in [-0.05, 0) is 59.4 Å². The van der Waals surface area contributed by atoms with Crippen molar-refractivity contribution in [2.24, 2.45) is 11.8 Å². The lowest BCUT2D eigenvalue weighted by Gasteiger charge is -2.23. The van der Waals surface area contributed by atoms with E-state index >= 15 is 0 Å². The third-order valence-electron chi connectivity index (χ3n) is 3.98. The van der Waals surface area contributed by atoms with Crippen molar-refractivity contribution in [2.75, 3.05) is 13.1 Å². The lowest BCUT2D eigenvalue weighted by Crippen LogP contribution is -2.29. The van der Waals surface area contributed by atoms with Crippen LogP contribution in [0.2, 0.25) is 0 Å². The standard InChI is InChI=1S/C15H23BrN2/c1-2-17-10-13(12-5-3-4-6-12)9-15-8-7-14(16)11-18-15/h7-8,11-13,17H,2-6,9-10H2,1H3. The van der Waals surface area contributed by atoms with E-state index in [-0.39, 0.29) is 0 Å². The minimum atomic E-state index is 0.751.